The molecule has 0 saturated heterocycles. The van der Waals surface area contributed by atoms with Gasteiger partial charge < -0.3 is 10.6 Å². The lowest BCUT2D eigenvalue weighted by Gasteiger charge is -2.15. The zero-order valence-electron chi connectivity index (χ0n) is 14.6. The minimum Gasteiger partial charge on any atom is -0.349 e. The fraction of sp³-hybridized carbons (Fsp3) is 0.182. The molecular weight excluding hydrogens is 358 g/mol. The van der Waals surface area contributed by atoms with E-state index in [1.54, 1.807) is 0 Å². The molecule has 1 amide bonds. The number of amides is 1. The van der Waals surface area contributed by atoms with Crippen LogP contribution in [-0.4, -0.2) is 16.9 Å². The van der Waals surface area contributed by atoms with E-state index < -0.39 is 0 Å². The van der Waals surface area contributed by atoms with E-state index in [0.29, 0.717) is 16.6 Å². The number of pyridine rings is 1. The Hall–Kier alpha value is -2.85. The summed E-state index contributed by atoms with van der Waals surface area (Å²) in [6, 6.07) is 13.7. The van der Waals surface area contributed by atoms with E-state index in [-0.39, 0.29) is 5.91 Å². The highest BCUT2D eigenvalue weighted by molar-refractivity contribution is 6.33. The fourth-order valence-corrected chi connectivity index (χ4v) is 3.69. The third-order valence-electron chi connectivity index (χ3n) is 5.05. The molecule has 2 aliphatic rings. The van der Waals surface area contributed by atoms with Crippen molar-refractivity contribution in [2.24, 2.45) is 0 Å². The van der Waals surface area contributed by atoms with E-state index in [1.807, 2.05) is 42.5 Å². The minimum absolute atomic E-state index is 0.0544. The Bertz CT molecular complexity index is 1100. The van der Waals surface area contributed by atoms with E-state index in [0.717, 1.165) is 52.8 Å². The Balaban J connectivity index is 1.65. The van der Waals surface area contributed by atoms with E-state index in [9.17, 15) is 4.79 Å². The highest BCUT2D eigenvalue weighted by atomic mass is 35.5. The van der Waals surface area contributed by atoms with E-state index in [2.05, 4.69) is 22.8 Å². The van der Waals surface area contributed by atoms with Gasteiger partial charge >= 0.3 is 0 Å². The number of para-hydroxylation sites is 2. The van der Waals surface area contributed by atoms with Crippen LogP contribution in [0.2, 0.25) is 5.02 Å². The maximum atomic E-state index is 12.7. The van der Waals surface area contributed by atoms with Crippen molar-refractivity contribution in [3.05, 3.63) is 70.3 Å². The first-order valence-corrected chi connectivity index (χ1v) is 9.53. The Morgan fingerprint density at radius 3 is 2.78 bits per heavy atom. The van der Waals surface area contributed by atoms with Gasteiger partial charge in [-0.15, -0.1) is 0 Å². The summed E-state index contributed by atoms with van der Waals surface area (Å²) in [5.74, 6) is 0.698. The third-order valence-corrected chi connectivity index (χ3v) is 5.38. The summed E-state index contributed by atoms with van der Waals surface area (Å²) in [5.41, 5.74) is 4.39. The quantitative estimate of drug-likeness (QED) is 0.667. The summed E-state index contributed by atoms with van der Waals surface area (Å²) in [7, 11) is 0. The van der Waals surface area contributed by atoms with Crippen LogP contribution in [0.1, 0.15) is 34.3 Å². The minimum atomic E-state index is -0.0544. The summed E-state index contributed by atoms with van der Waals surface area (Å²) < 4.78 is 0. The number of hydrogen-bond donors (Lipinski definition) is 2. The van der Waals surface area contributed by atoms with Gasteiger partial charge in [0.15, 0.2) is 0 Å². The van der Waals surface area contributed by atoms with Gasteiger partial charge in [0.05, 0.1) is 21.8 Å². The second kappa shape index (κ2) is 6.39. The van der Waals surface area contributed by atoms with Crippen LogP contribution in [0.5, 0.6) is 0 Å². The molecule has 1 heterocycles. The maximum Gasteiger partial charge on any atom is 0.253 e. The van der Waals surface area contributed by atoms with Gasteiger partial charge in [0.2, 0.25) is 0 Å². The number of carbonyl (C=O) groups is 1. The largest absolute Gasteiger partial charge is 0.349 e. The number of hydrogen-bond acceptors (Lipinski definition) is 3. The van der Waals surface area contributed by atoms with Crippen LogP contribution in [-0.2, 0) is 6.42 Å². The summed E-state index contributed by atoms with van der Waals surface area (Å²) >= 11 is 6.32. The number of halogens is 1. The van der Waals surface area contributed by atoms with Gasteiger partial charge in [-0.25, -0.2) is 4.98 Å². The molecule has 1 saturated carbocycles. The smallest absolute Gasteiger partial charge is 0.253 e. The predicted molar refractivity (Wildman–Crippen MR) is 110 cm³/mol. The molecule has 2 aromatic carbocycles. The second-order valence-corrected chi connectivity index (χ2v) is 7.42. The average molecular weight is 376 g/mol. The molecular formula is C22H18ClN3O. The van der Waals surface area contributed by atoms with Gasteiger partial charge in [0, 0.05) is 17.0 Å². The molecule has 4 nitrogen and oxygen atoms in total. The Morgan fingerprint density at radius 1 is 1.11 bits per heavy atom. The van der Waals surface area contributed by atoms with Crippen LogP contribution in [0.4, 0.5) is 11.5 Å². The summed E-state index contributed by atoms with van der Waals surface area (Å²) in [5, 5.41) is 8.08. The Morgan fingerprint density at radius 2 is 1.96 bits per heavy atom. The van der Waals surface area contributed by atoms with Gasteiger partial charge in [-0.3, -0.25) is 4.79 Å². The fourth-order valence-electron chi connectivity index (χ4n) is 3.51. The zero-order valence-corrected chi connectivity index (χ0v) is 15.4. The molecule has 0 unspecified atom stereocenters. The van der Waals surface area contributed by atoms with Crippen molar-refractivity contribution in [2.75, 3.05) is 5.32 Å². The first-order chi connectivity index (χ1) is 13.2. The topological polar surface area (TPSA) is 54.0 Å². The number of fused-ring (bicyclic) bond motifs is 3. The number of nitrogens with zero attached hydrogens (tertiary/aromatic N) is 1. The number of rotatable bonds is 4. The monoisotopic (exact) mass is 375 g/mol. The van der Waals surface area contributed by atoms with E-state index in [4.69, 9.17) is 16.6 Å². The molecule has 27 heavy (non-hydrogen) atoms. The molecule has 134 valence electrons. The number of anilines is 2. The second-order valence-electron chi connectivity index (χ2n) is 7.01. The summed E-state index contributed by atoms with van der Waals surface area (Å²) in [4.78, 5) is 17.6. The maximum absolute atomic E-state index is 12.7. The zero-order chi connectivity index (χ0) is 18.4. The van der Waals surface area contributed by atoms with Gasteiger partial charge in [0.25, 0.3) is 5.91 Å². The summed E-state index contributed by atoms with van der Waals surface area (Å²) in [6.07, 6.45) is 7.16. The molecule has 0 radical (unpaired) electrons. The molecule has 5 heteroatoms. The predicted octanol–water partition coefficient (Wildman–Crippen LogP) is 5.09. The van der Waals surface area contributed by atoms with E-state index >= 15 is 0 Å². The highest BCUT2D eigenvalue weighted by Gasteiger charge is 2.26. The van der Waals surface area contributed by atoms with Crippen molar-refractivity contribution in [2.45, 2.75) is 25.3 Å². The lowest BCUT2D eigenvalue weighted by molar-refractivity contribution is 0.0952. The lowest BCUT2D eigenvalue weighted by Crippen LogP contribution is -2.25. The van der Waals surface area contributed by atoms with Gasteiger partial charge in [-0.05, 0) is 43.0 Å². The van der Waals surface area contributed by atoms with Crippen LogP contribution in [0.25, 0.3) is 17.0 Å². The molecule has 5 rings (SSSR count). The number of nitrogens with one attached hydrogen (secondary N) is 2. The van der Waals surface area contributed by atoms with Crippen molar-refractivity contribution >= 4 is 46.0 Å². The SMILES string of the molecule is O=C(NC1CC1)c1cccc2c3c(c(Nc4ccccc4Cl)nc12)CC=C3. The lowest BCUT2D eigenvalue weighted by atomic mass is 10.0. The van der Waals surface area contributed by atoms with Crippen LogP contribution in [0.3, 0.4) is 0 Å². The van der Waals surface area contributed by atoms with E-state index in [1.165, 1.54) is 0 Å². The van der Waals surface area contributed by atoms with Gasteiger partial charge in [0.1, 0.15) is 5.82 Å². The Labute approximate surface area is 162 Å². The highest BCUT2D eigenvalue weighted by Crippen LogP contribution is 2.36. The van der Waals surface area contributed by atoms with Crippen molar-refractivity contribution in [1.29, 1.82) is 0 Å². The standard InChI is InChI=1S/C22H18ClN3O/c23-18-9-1-2-10-19(18)25-21-16-7-3-5-14(16)15-6-4-8-17(20(15)26-21)22(27)24-13-11-12-13/h1-6,8-10,13H,7,11-12H2,(H,24,27)(H,25,26). The average Bonchev–Trinajstić information content (AvgIpc) is 3.34. The van der Waals surface area contributed by atoms with Crippen LogP contribution < -0.4 is 10.6 Å². The molecule has 0 bridgehead atoms. The van der Waals surface area contributed by atoms with Gasteiger partial charge in [-0.2, -0.15) is 0 Å². The molecule has 1 fully saturated rings. The first kappa shape index (κ1) is 16.3. The number of benzene rings is 2. The number of carbonyl (C=O) groups excluding carboxylic acids is 1. The molecule has 2 N–H and O–H groups in total. The molecule has 0 spiro atoms. The van der Waals surface area contributed by atoms with Crippen LogP contribution >= 0.6 is 11.6 Å². The molecule has 1 aromatic heterocycles. The first-order valence-electron chi connectivity index (χ1n) is 9.15. The third kappa shape index (κ3) is 2.96. The van der Waals surface area contributed by atoms with Crippen LogP contribution in [0, 0.1) is 0 Å². The number of aromatic nitrogens is 1. The number of allylic oxidation sites excluding steroid dienone is 1. The Kier molecular flexibility index (Phi) is 3.87. The van der Waals surface area contributed by atoms with Crippen LogP contribution in [0.15, 0.2) is 48.5 Å². The summed E-state index contributed by atoms with van der Waals surface area (Å²) in [6.45, 7) is 0. The molecule has 3 aromatic rings. The van der Waals surface area contributed by atoms with Crippen molar-refractivity contribution < 1.29 is 4.79 Å². The molecule has 2 aliphatic carbocycles. The van der Waals surface area contributed by atoms with Gasteiger partial charge in [-0.1, -0.05) is 48.0 Å². The van der Waals surface area contributed by atoms with Crippen molar-refractivity contribution in [3.63, 3.8) is 0 Å². The van der Waals surface area contributed by atoms with Crippen molar-refractivity contribution in [3.8, 4) is 0 Å². The normalized spacial score (nSPS) is 15.0. The molecule has 0 aliphatic heterocycles. The molecule has 0 atom stereocenters. The van der Waals surface area contributed by atoms with Crippen molar-refractivity contribution in [1.82, 2.24) is 10.3 Å².